The number of amides is 1. The molecule has 0 saturated carbocycles. The highest BCUT2D eigenvalue weighted by atomic mass is 32.2. The number of pyridine rings is 1. The molecule has 1 aromatic carbocycles. The first-order valence-electron chi connectivity index (χ1n) is 5.36. The summed E-state index contributed by atoms with van der Waals surface area (Å²) in [6, 6.07) is 9.65. The Morgan fingerprint density at radius 1 is 1.33 bits per heavy atom. The fourth-order valence-corrected chi connectivity index (χ4v) is 2.43. The van der Waals surface area contributed by atoms with Crippen LogP contribution in [0.15, 0.2) is 46.5 Å². The molecule has 18 heavy (non-hydrogen) atoms. The molecule has 92 valence electrons. The number of rotatable bonds is 3. The van der Waals surface area contributed by atoms with Crippen LogP contribution in [0.2, 0.25) is 0 Å². The number of hydrogen-bond acceptors (Lipinski definition) is 4. The normalized spacial score (nSPS) is 10.3. The van der Waals surface area contributed by atoms with Crippen LogP contribution >= 0.6 is 11.8 Å². The highest BCUT2D eigenvalue weighted by Crippen LogP contribution is 2.28. The van der Waals surface area contributed by atoms with E-state index >= 15 is 0 Å². The van der Waals surface area contributed by atoms with E-state index in [1.807, 2.05) is 31.2 Å². The van der Waals surface area contributed by atoms with Crippen molar-refractivity contribution >= 4 is 23.4 Å². The SMILES string of the molecule is Cc1cccc(Sc2cc(C(N)=O)c(N)cn2)c1. The van der Waals surface area contributed by atoms with Gasteiger partial charge in [-0.1, -0.05) is 29.5 Å². The molecular formula is C13H13N3OS. The molecule has 1 aromatic heterocycles. The summed E-state index contributed by atoms with van der Waals surface area (Å²) >= 11 is 1.47. The molecule has 0 unspecified atom stereocenters. The number of carbonyl (C=O) groups is 1. The van der Waals surface area contributed by atoms with Crippen LogP contribution in [0.25, 0.3) is 0 Å². The van der Waals surface area contributed by atoms with E-state index in [9.17, 15) is 4.79 Å². The highest BCUT2D eigenvalue weighted by Gasteiger charge is 2.08. The summed E-state index contributed by atoms with van der Waals surface area (Å²) in [6.45, 7) is 2.02. The second-order valence-electron chi connectivity index (χ2n) is 3.89. The number of aryl methyl sites for hydroxylation is 1. The maximum absolute atomic E-state index is 11.2. The van der Waals surface area contributed by atoms with Gasteiger partial charge < -0.3 is 11.5 Å². The lowest BCUT2D eigenvalue weighted by atomic mass is 10.2. The summed E-state index contributed by atoms with van der Waals surface area (Å²) in [4.78, 5) is 16.4. The van der Waals surface area contributed by atoms with Gasteiger partial charge in [-0.05, 0) is 25.1 Å². The third-order valence-electron chi connectivity index (χ3n) is 2.39. The number of nitrogen functional groups attached to an aromatic ring is 1. The van der Waals surface area contributed by atoms with Gasteiger partial charge in [0.2, 0.25) is 0 Å². The van der Waals surface area contributed by atoms with Crippen molar-refractivity contribution in [3.05, 3.63) is 47.7 Å². The van der Waals surface area contributed by atoms with Crippen molar-refractivity contribution in [3.63, 3.8) is 0 Å². The summed E-state index contributed by atoms with van der Waals surface area (Å²) in [5, 5.41) is 0.698. The Bertz CT molecular complexity index is 599. The lowest BCUT2D eigenvalue weighted by Crippen LogP contribution is -2.13. The molecule has 0 bridgehead atoms. The zero-order chi connectivity index (χ0) is 13.1. The summed E-state index contributed by atoms with van der Waals surface area (Å²) < 4.78 is 0. The fraction of sp³-hybridized carbons (Fsp3) is 0.0769. The number of benzene rings is 1. The van der Waals surface area contributed by atoms with E-state index in [0.29, 0.717) is 16.3 Å². The van der Waals surface area contributed by atoms with E-state index in [0.717, 1.165) is 4.90 Å². The molecule has 2 rings (SSSR count). The Labute approximate surface area is 109 Å². The minimum atomic E-state index is -0.541. The van der Waals surface area contributed by atoms with Crippen molar-refractivity contribution < 1.29 is 4.79 Å². The number of nitrogens with two attached hydrogens (primary N) is 2. The maximum Gasteiger partial charge on any atom is 0.250 e. The van der Waals surface area contributed by atoms with Crippen molar-refractivity contribution in [1.82, 2.24) is 4.98 Å². The molecule has 0 atom stereocenters. The van der Waals surface area contributed by atoms with Gasteiger partial charge in [-0.15, -0.1) is 0 Å². The first-order valence-corrected chi connectivity index (χ1v) is 6.18. The third-order valence-corrected chi connectivity index (χ3v) is 3.31. The Morgan fingerprint density at radius 3 is 2.78 bits per heavy atom. The van der Waals surface area contributed by atoms with Crippen molar-refractivity contribution in [2.24, 2.45) is 5.73 Å². The second-order valence-corrected chi connectivity index (χ2v) is 4.99. The highest BCUT2D eigenvalue weighted by molar-refractivity contribution is 7.99. The topological polar surface area (TPSA) is 82.0 Å². The third kappa shape index (κ3) is 2.81. The lowest BCUT2D eigenvalue weighted by molar-refractivity contribution is 0.100. The van der Waals surface area contributed by atoms with Crippen LogP contribution in [0.3, 0.4) is 0 Å². The Morgan fingerprint density at radius 2 is 2.11 bits per heavy atom. The van der Waals surface area contributed by atoms with Gasteiger partial charge in [0.05, 0.1) is 17.4 Å². The summed E-state index contributed by atoms with van der Waals surface area (Å²) in [6.07, 6.45) is 1.46. The number of carbonyl (C=O) groups excluding carboxylic acids is 1. The van der Waals surface area contributed by atoms with Crippen LogP contribution in [-0.2, 0) is 0 Å². The average Bonchev–Trinajstić information content (AvgIpc) is 2.31. The molecule has 0 fully saturated rings. The van der Waals surface area contributed by atoms with Gasteiger partial charge in [-0.25, -0.2) is 4.98 Å². The van der Waals surface area contributed by atoms with Crippen LogP contribution in [-0.4, -0.2) is 10.9 Å². The molecule has 4 nitrogen and oxygen atoms in total. The molecule has 1 heterocycles. The van der Waals surface area contributed by atoms with E-state index in [1.54, 1.807) is 6.07 Å². The van der Waals surface area contributed by atoms with E-state index in [4.69, 9.17) is 11.5 Å². The molecule has 5 heteroatoms. The Kier molecular flexibility index (Phi) is 3.53. The van der Waals surface area contributed by atoms with Gasteiger partial charge in [-0.2, -0.15) is 0 Å². The van der Waals surface area contributed by atoms with E-state index in [-0.39, 0.29) is 0 Å². The van der Waals surface area contributed by atoms with Crippen molar-refractivity contribution in [3.8, 4) is 0 Å². The van der Waals surface area contributed by atoms with E-state index in [2.05, 4.69) is 4.98 Å². The zero-order valence-electron chi connectivity index (χ0n) is 9.88. The largest absolute Gasteiger partial charge is 0.397 e. The molecule has 0 aliphatic carbocycles. The van der Waals surface area contributed by atoms with E-state index < -0.39 is 5.91 Å². The second kappa shape index (κ2) is 5.10. The number of nitrogens with zero attached hydrogens (tertiary/aromatic N) is 1. The van der Waals surface area contributed by atoms with Gasteiger partial charge in [0, 0.05) is 4.90 Å². The van der Waals surface area contributed by atoms with Crippen LogP contribution in [0.5, 0.6) is 0 Å². The first-order chi connectivity index (χ1) is 8.56. The van der Waals surface area contributed by atoms with Gasteiger partial charge in [-0.3, -0.25) is 4.79 Å². The van der Waals surface area contributed by atoms with Gasteiger partial charge >= 0.3 is 0 Å². The summed E-state index contributed by atoms with van der Waals surface area (Å²) in [5.41, 5.74) is 12.7. The molecule has 2 aromatic rings. The summed E-state index contributed by atoms with van der Waals surface area (Å²) in [5.74, 6) is -0.541. The van der Waals surface area contributed by atoms with Crippen LogP contribution in [0, 0.1) is 6.92 Å². The number of aromatic nitrogens is 1. The van der Waals surface area contributed by atoms with Crippen LogP contribution in [0.1, 0.15) is 15.9 Å². The molecule has 1 amide bonds. The monoisotopic (exact) mass is 259 g/mol. The van der Waals surface area contributed by atoms with Crippen molar-refractivity contribution in [2.75, 3.05) is 5.73 Å². The number of primary amides is 1. The molecule has 0 spiro atoms. The molecule has 4 N–H and O–H groups in total. The molecule has 0 aliphatic rings. The Balaban J connectivity index is 2.30. The zero-order valence-corrected chi connectivity index (χ0v) is 10.7. The Hall–Kier alpha value is -2.01. The van der Waals surface area contributed by atoms with Crippen molar-refractivity contribution in [1.29, 1.82) is 0 Å². The van der Waals surface area contributed by atoms with Crippen LogP contribution in [0.4, 0.5) is 5.69 Å². The van der Waals surface area contributed by atoms with Gasteiger partial charge in [0.1, 0.15) is 5.03 Å². The van der Waals surface area contributed by atoms with Gasteiger partial charge in [0.15, 0.2) is 0 Å². The predicted molar refractivity (Wildman–Crippen MR) is 72.5 cm³/mol. The minimum Gasteiger partial charge on any atom is -0.397 e. The predicted octanol–water partition coefficient (Wildman–Crippen LogP) is 2.22. The average molecular weight is 259 g/mol. The van der Waals surface area contributed by atoms with E-state index in [1.165, 1.54) is 23.5 Å². The van der Waals surface area contributed by atoms with Gasteiger partial charge in [0.25, 0.3) is 5.91 Å². The molecular weight excluding hydrogens is 246 g/mol. The maximum atomic E-state index is 11.2. The quantitative estimate of drug-likeness (QED) is 0.885. The molecule has 0 saturated heterocycles. The lowest BCUT2D eigenvalue weighted by Gasteiger charge is -2.05. The van der Waals surface area contributed by atoms with Crippen molar-refractivity contribution in [2.45, 2.75) is 16.8 Å². The fourth-order valence-electron chi connectivity index (χ4n) is 1.52. The minimum absolute atomic E-state index is 0.302. The number of anilines is 1. The van der Waals surface area contributed by atoms with Crippen LogP contribution < -0.4 is 11.5 Å². The standard InChI is InChI=1S/C13H13N3OS/c1-8-3-2-4-9(5-8)18-12-6-10(13(15)17)11(14)7-16-12/h2-7H,14H2,1H3,(H2,15,17). The smallest absolute Gasteiger partial charge is 0.250 e. The molecule has 0 aliphatic heterocycles. The summed E-state index contributed by atoms with van der Waals surface area (Å²) in [7, 11) is 0. The first kappa shape index (κ1) is 12.4. The molecule has 0 radical (unpaired) electrons. The number of hydrogen-bond donors (Lipinski definition) is 2.